The number of benzene rings is 2. The second-order valence-electron chi connectivity index (χ2n) is 7.48. The number of para-hydroxylation sites is 1. The monoisotopic (exact) mass is 424 g/mol. The molecule has 0 aromatic heterocycles. The quantitative estimate of drug-likeness (QED) is 0.799. The number of carbonyl (C=O) groups is 2. The van der Waals surface area contributed by atoms with E-state index in [1.807, 2.05) is 38.1 Å². The van der Waals surface area contributed by atoms with Crippen LogP contribution in [-0.2, 0) is 9.59 Å². The average Bonchev–Trinajstić information content (AvgIpc) is 3.08. The Morgan fingerprint density at radius 2 is 1.83 bits per heavy atom. The zero-order valence-electron chi connectivity index (χ0n) is 16.8. The standard InChI is InChI=1S/C22H21FN4O2S/c1-12(2)18-21(29)27-19(26-18)16-6-4-5-7-17(16)25-22(27)30-13(3)20(28)24-15-10-8-14(23)9-11-15/h4-13,18H,1-3H3,(H,24,28)/t13-,18-/m0/s1. The molecule has 0 bridgehead atoms. The van der Waals surface area contributed by atoms with Gasteiger partial charge in [-0.1, -0.05) is 37.7 Å². The highest BCUT2D eigenvalue weighted by Gasteiger charge is 2.43. The molecule has 2 heterocycles. The van der Waals surface area contributed by atoms with Crippen LogP contribution in [0.2, 0.25) is 0 Å². The largest absolute Gasteiger partial charge is 0.325 e. The number of aliphatic imine (C=N–C) groups is 2. The summed E-state index contributed by atoms with van der Waals surface area (Å²) in [6.45, 7) is 5.66. The molecule has 2 aromatic rings. The van der Waals surface area contributed by atoms with Gasteiger partial charge in [-0.25, -0.2) is 14.3 Å². The SMILES string of the molecule is CC(C)[C@@H]1N=C2c3ccccc3N=C(S[C@@H](C)C(=O)Nc3ccc(F)cc3)N2C1=O. The van der Waals surface area contributed by atoms with E-state index in [1.54, 1.807) is 6.92 Å². The highest BCUT2D eigenvalue weighted by atomic mass is 32.2. The minimum absolute atomic E-state index is 0.0493. The van der Waals surface area contributed by atoms with Gasteiger partial charge in [-0.15, -0.1) is 0 Å². The molecule has 154 valence electrons. The Morgan fingerprint density at radius 3 is 2.53 bits per heavy atom. The van der Waals surface area contributed by atoms with Crippen LogP contribution in [0.15, 0.2) is 58.5 Å². The van der Waals surface area contributed by atoms with Crippen molar-refractivity contribution >= 4 is 46.0 Å². The number of hydrogen-bond donors (Lipinski definition) is 1. The number of thioether (sulfide) groups is 1. The van der Waals surface area contributed by atoms with E-state index in [9.17, 15) is 14.0 Å². The predicted octanol–water partition coefficient (Wildman–Crippen LogP) is 4.20. The van der Waals surface area contributed by atoms with Crippen LogP contribution in [0.4, 0.5) is 15.8 Å². The summed E-state index contributed by atoms with van der Waals surface area (Å²) >= 11 is 1.20. The Hall–Kier alpha value is -3.00. The maximum absolute atomic E-state index is 13.1. The molecule has 2 aromatic carbocycles. The minimum atomic E-state index is -0.536. The van der Waals surface area contributed by atoms with Gasteiger partial charge in [-0.2, -0.15) is 0 Å². The van der Waals surface area contributed by atoms with Gasteiger partial charge in [0.25, 0.3) is 5.91 Å². The summed E-state index contributed by atoms with van der Waals surface area (Å²) in [5.74, 6) is -0.138. The summed E-state index contributed by atoms with van der Waals surface area (Å²) in [6.07, 6.45) is 0. The summed E-state index contributed by atoms with van der Waals surface area (Å²) in [6, 6.07) is 12.6. The molecule has 1 N–H and O–H groups in total. The van der Waals surface area contributed by atoms with Gasteiger partial charge in [0, 0.05) is 11.3 Å². The van der Waals surface area contributed by atoms with E-state index < -0.39 is 11.3 Å². The van der Waals surface area contributed by atoms with Gasteiger partial charge >= 0.3 is 0 Å². The van der Waals surface area contributed by atoms with Crippen LogP contribution in [0.5, 0.6) is 0 Å². The molecule has 0 aliphatic carbocycles. The van der Waals surface area contributed by atoms with Crippen LogP contribution in [0, 0.1) is 11.7 Å². The Labute approximate surface area is 178 Å². The lowest BCUT2D eigenvalue weighted by molar-refractivity contribution is -0.125. The second kappa shape index (κ2) is 8.02. The van der Waals surface area contributed by atoms with Gasteiger partial charge in [0.15, 0.2) is 5.17 Å². The molecule has 0 fully saturated rings. The lowest BCUT2D eigenvalue weighted by atomic mass is 10.1. The third kappa shape index (κ3) is 3.75. The molecular formula is C22H21FN4O2S. The van der Waals surface area contributed by atoms with E-state index in [0.717, 1.165) is 11.3 Å². The Bertz CT molecular complexity index is 1070. The number of carbonyl (C=O) groups excluding carboxylic acids is 2. The van der Waals surface area contributed by atoms with Crippen molar-refractivity contribution < 1.29 is 14.0 Å². The van der Waals surface area contributed by atoms with Gasteiger partial charge in [-0.05, 0) is 49.2 Å². The molecular weight excluding hydrogens is 403 g/mol. The Morgan fingerprint density at radius 1 is 1.13 bits per heavy atom. The molecule has 2 aliphatic heterocycles. The molecule has 0 saturated carbocycles. The number of anilines is 1. The first-order valence-corrected chi connectivity index (χ1v) is 10.6. The van der Waals surface area contributed by atoms with E-state index in [2.05, 4.69) is 15.3 Å². The maximum atomic E-state index is 13.1. The van der Waals surface area contributed by atoms with Gasteiger partial charge in [0.1, 0.15) is 17.7 Å². The van der Waals surface area contributed by atoms with E-state index in [-0.39, 0.29) is 23.5 Å². The molecule has 8 heteroatoms. The molecule has 0 unspecified atom stereocenters. The molecule has 0 radical (unpaired) electrons. The summed E-state index contributed by atoms with van der Waals surface area (Å²) in [7, 11) is 0. The van der Waals surface area contributed by atoms with Crippen LogP contribution in [0.1, 0.15) is 26.3 Å². The fourth-order valence-corrected chi connectivity index (χ4v) is 4.19. The highest BCUT2D eigenvalue weighted by molar-refractivity contribution is 8.15. The normalized spacial score (nSPS) is 18.5. The number of halogens is 1. The maximum Gasteiger partial charge on any atom is 0.259 e. The number of rotatable bonds is 4. The van der Waals surface area contributed by atoms with Gasteiger partial charge in [0.05, 0.1) is 10.9 Å². The molecule has 2 amide bonds. The van der Waals surface area contributed by atoms with E-state index in [1.165, 1.54) is 40.9 Å². The molecule has 2 aliphatic rings. The van der Waals surface area contributed by atoms with Crippen molar-refractivity contribution in [2.75, 3.05) is 5.32 Å². The third-order valence-corrected chi connectivity index (χ3v) is 5.95. The van der Waals surface area contributed by atoms with E-state index >= 15 is 0 Å². The topological polar surface area (TPSA) is 74.1 Å². The molecule has 30 heavy (non-hydrogen) atoms. The zero-order valence-corrected chi connectivity index (χ0v) is 17.6. The van der Waals surface area contributed by atoms with Crippen molar-refractivity contribution in [1.29, 1.82) is 0 Å². The molecule has 0 saturated heterocycles. The average molecular weight is 425 g/mol. The van der Waals surface area contributed by atoms with Crippen LogP contribution in [-0.4, -0.2) is 39.0 Å². The first kappa shape index (κ1) is 20.3. The highest BCUT2D eigenvalue weighted by Crippen LogP contribution is 2.35. The van der Waals surface area contributed by atoms with Crippen LogP contribution < -0.4 is 5.32 Å². The van der Waals surface area contributed by atoms with Crippen molar-refractivity contribution in [2.45, 2.75) is 32.1 Å². The lowest BCUT2D eigenvalue weighted by Gasteiger charge is -2.27. The van der Waals surface area contributed by atoms with Crippen molar-refractivity contribution in [3.8, 4) is 0 Å². The van der Waals surface area contributed by atoms with Crippen LogP contribution in [0.25, 0.3) is 0 Å². The van der Waals surface area contributed by atoms with Crippen LogP contribution in [0.3, 0.4) is 0 Å². The third-order valence-electron chi connectivity index (χ3n) is 4.89. The zero-order chi connectivity index (χ0) is 21.4. The summed E-state index contributed by atoms with van der Waals surface area (Å²) in [5.41, 5.74) is 2.03. The van der Waals surface area contributed by atoms with Gasteiger partial charge in [0.2, 0.25) is 5.91 Å². The molecule has 6 nitrogen and oxygen atoms in total. The lowest BCUT2D eigenvalue weighted by Crippen LogP contribution is -2.43. The van der Waals surface area contributed by atoms with Gasteiger partial charge < -0.3 is 5.32 Å². The number of fused-ring (bicyclic) bond motifs is 3. The summed E-state index contributed by atoms with van der Waals surface area (Å²) in [5, 5.41) is 2.66. The number of hydrogen-bond acceptors (Lipinski definition) is 5. The van der Waals surface area contributed by atoms with Crippen molar-refractivity contribution in [2.24, 2.45) is 15.9 Å². The second-order valence-corrected chi connectivity index (χ2v) is 8.79. The van der Waals surface area contributed by atoms with E-state index in [0.29, 0.717) is 16.7 Å². The predicted molar refractivity (Wildman–Crippen MR) is 118 cm³/mol. The number of amidine groups is 2. The first-order valence-electron chi connectivity index (χ1n) is 9.68. The fourth-order valence-electron chi connectivity index (χ4n) is 3.27. The number of amides is 2. The van der Waals surface area contributed by atoms with Crippen molar-refractivity contribution in [1.82, 2.24) is 4.90 Å². The Balaban J connectivity index is 1.59. The number of nitrogens with zero attached hydrogens (tertiary/aromatic N) is 3. The Kier molecular flexibility index (Phi) is 5.42. The van der Waals surface area contributed by atoms with E-state index in [4.69, 9.17) is 0 Å². The fraction of sp³-hybridized carbons (Fsp3) is 0.273. The van der Waals surface area contributed by atoms with Crippen molar-refractivity contribution in [3.63, 3.8) is 0 Å². The van der Waals surface area contributed by atoms with Gasteiger partial charge in [-0.3, -0.25) is 14.6 Å². The van der Waals surface area contributed by atoms with Crippen LogP contribution >= 0.6 is 11.8 Å². The smallest absolute Gasteiger partial charge is 0.259 e. The molecule has 2 atom stereocenters. The number of nitrogens with one attached hydrogen (secondary N) is 1. The minimum Gasteiger partial charge on any atom is -0.325 e. The first-order chi connectivity index (χ1) is 14.3. The summed E-state index contributed by atoms with van der Waals surface area (Å²) in [4.78, 5) is 36.6. The summed E-state index contributed by atoms with van der Waals surface area (Å²) < 4.78 is 13.1. The molecule has 0 spiro atoms. The van der Waals surface area contributed by atoms with Crippen molar-refractivity contribution in [3.05, 3.63) is 59.9 Å². The molecule has 4 rings (SSSR count).